The van der Waals surface area contributed by atoms with Crippen LogP contribution in [0.2, 0.25) is 5.02 Å². The maximum absolute atomic E-state index is 12.4. The van der Waals surface area contributed by atoms with Crippen LogP contribution in [0, 0.1) is 0 Å². The van der Waals surface area contributed by atoms with Crippen molar-refractivity contribution in [3.8, 4) is 11.3 Å². The van der Waals surface area contributed by atoms with E-state index in [0.29, 0.717) is 10.4 Å². The van der Waals surface area contributed by atoms with E-state index in [4.69, 9.17) is 23.2 Å². The molecule has 3 aromatic rings. The molecule has 21 heavy (non-hydrogen) atoms. The minimum atomic E-state index is -0.520. The van der Waals surface area contributed by atoms with Crippen molar-refractivity contribution in [2.24, 2.45) is 0 Å². The van der Waals surface area contributed by atoms with Gasteiger partial charge in [-0.3, -0.25) is 4.79 Å². The summed E-state index contributed by atoms with van der Waals surface area (Å²) in [5.74, 6) is 0. The Morgan fingerprint density at radius 2 is 1.67 bits per heavy atom. The number of alkyl halides is 1. The number of aromatic nitrogens is 2. The molecule has 0 aliphatic carbocycles. The van der Waals surface area contributed by atoms with E-state index in [9.17, 15) is 4.79 Å². The van der Waals surface area contributed by atoms with Crippen LogP contribution in [0.25, 0.3) is 22.0 Å². The third-order valence-electron chi connectivity index (χ3n) is 3.28. The van der Waals surface area contributed by atoms with E-state index in [-0.39, 0.29) is 5.56 Å². The molecule has 0 spiro atoms. The lowest BCUT2D eigenvalue weighted by Crippen LogP contribution is -2.24. The lowest BCUT2D eigenvalue weighted by molar-refractivity contribution is 0.602. The van der Waals surface area contributed by atoms with Crippen LogP contribution in [-0.4, -0.2) is 9.78 Å². The highest BCUT2D eigenvalue weighted by Crippen LogP contribution is 2.26. The van der Waals surface area contributed by atoms with Crippen molar-refractivity contribution >= 4 is 34.0 Å². The number of benzene rings is 2. The molecule has 3 nitrogen and oxygen atoms in total. The van der Waals surface area contributed by atoms with Crippen molar-refractivity contribution in [1.29, 1.82) is 0 Å². The first-order valence-electron chi connectivity index (χ1n) is 6.49. The summed E-state index contributed by atoms with van der Waals surface area (Å²) in [6.07, 6.45) is 0. The minimum Gasteiger partial charge on any atom is -0.267 e. The van der Waals surface area contributed by atoms with Crippen LogP contribution < -0.4 is 5.56 Å². The summed E-state index contributed by atoms with van der Waals surface area (Å²) < 4.78 is 1.30. The van der Waals surface area contributed by atoms with Crippen molar-refractivity contribution in [2.75, 3.05) is 0 Å². The first-order valence-corrected chi connectivity index (χ1v) is 7.31. The number of fused-ring (bicyclic) bond motifs is 1. The second-order valence-corrected chi connectivity index (χ2v) is 5.79. The average molecular weight is 319 g/mol. The van der Waals surface area contributed by atoms with Gasteiger partial charge in [0.15, 0.2) is 0 Å². The van der Waals surface area contributed by atoms with Crippen LogP contribution in [-0.2, 0) is 0 Å². The van der Waals surface area contributed by atoms with Crippen LogP contribution in [0.4, 0.5) is 0 Å². The SMILES string of the molecule is CC(Cl)n1nc(-c2ccc(Cl)cc2)c2ccccc2c1=O. The Morgan fingerprint density at radius 3 is 2.29 bits per heavy atom. The number of hydrogen-bond acceptors (Lipinski definition) is 2. The predicted octanol–water partition coefficient (Wildman–Crippen LogP) is 4.47. The highest BCUT2D eigenvalue weighted by Gasteiger charge is 2.14. The van der Waals surface area contributed by atoms with Crippen molar-refractivity contribution in [2.45, 2.75) is 12.4 Å². The van der Waals surface area contributed by atoms with Crippen molar-refractivity contribution < 1.29 is 0 Å². The van der Waals surface area contributed by atoms with Gasteiger partial charge in [0.25, 0.3) is 5.56 Å². The van der Waals surface area contributed by atoms with Crippen molar-refractivity contribution in [3.05, 3.63) is 63.9 Å². The summed E-state index contributed by atoms with van der Waals surface area (Å²) in [5, 5.41) is 6.49. The summed E-state index contributed by atoms with van der Waals surface area (Å²) in [6.45, 7) is 1.72. The van der Waals surface area contributed by atoms with Gasteiger partial charge in [-0.2, -0.15) is 5.10 Å². The molecule has 3 rings (SSSR count). The van der Waals surface area contributed by atoms with Gasteiger partial charge in [-0.25, -0.2) is 4.68 Å². The van der Waals surface area contributed by atoms with E-state index in [2.05, 4.69) is 5.10 Å². The van der Waals surface area contributed by atoms with E-state index in [0.717, 1.165) is 16.6 Å². The standard InChI is InChI=1S/C16H12Cl2N2O/c1-10(17)20-16(21)14-5-3-2-4-13(14)15(19-20)11-6-8-12(18)9-7-11/h2-10H,1H3. The van der Waals surface area contributed by atoms with E-state index in [1.54, 1.807) is 25.1 Å². The van der Waals surface area contributed by atoms with Crippen molar-refractivity contribution in [3.63, 3.8) is 0 Å². The molecule has 5 heteroatoms. The number of rotatable bonds is 2. The topological polar surface area (TPSA) is 34.9 Å². The maximum atomic E-state index is 12.4. The van der Waals surface area contributed by atoms with E-state index in [1.165, 1.54) is 4.68 Å². The van der Waals surface area contributed by atoms with Gasteiger partial charge >= 0.3 is 0 Å². The molecule has 0 radical (unpaired) electrons. The van der Waals surface area contributed by atoms with Crippen LogP contribution in [0.3, 0.4) is 0 Å². The number of halogens is 2. The van der Waals surface area contributed by atoms with Gasteiger partial charge in [0.05, 0.1) is 11.1 Å². The number of hydrogen-bond donors (Lipinski definition) is 0. The molecule has 0 N–H and O–H groups in total. The van der Waals surface area contributed by atoms with Crippen molar-refractivity contribution in [1.82, 2.24) is 9.78 Å². The summed E-state index contributed by atoms with van der Waals surface area (Å²) in [5.41, 5.74) is 0.898. The summed E-state index contributed by atoms with van der Waals surface area (Å²) in [4.78, 5) is 12.4. The lowest BCUT2D eigenvalue weighted by Gasteiger charge is -2.12. The van der Waals surface area contributed by atoms with Gasteiger partial charge in [0, 0.05) is 16.0 Å². The zero-order valence-corrected chi connectivity index (χ0v) is 12.8. The van der Waals surface area contributed by atoms with Gasteiger partial charge in [-0.1, -0.05) is 53.5 Å². The molecular formula is C16H12Cl2N2O. The molecule has 1 unspecified atom stereocenters. The Morgan fingerprint density at radius 1 is 1.05 bits per heavy atom. The highest BCUT2D eigenvalue weighted by molar-refractivity contribution is 6.30. The van der Waals surface area contributed by atoms with E-state index >= 15 is 0 Å². The van der Waals surface area contributed by atoms with E-state index in [1.807, 2.05) is 30.3 Å². The third kappa shape index (κ3) is 2.55. The van der Waals surface area contributed by atoms with Gasteiger partial charge in [-0.05, 0) is 25.1 Å². The molecule has 1 aromatic heterocycles. The first-order chi connectivity index (χ1) is 10.1. The Bertz CT molecular complexity index is 854. The molecular weight excluding hydrogens is 307 g/mol. The van der Waals surface area contributed by atoms with Gasteiger partial charge in [0.2, 0.25) is 0 Å². The normalized spacial score (nSPS) is 12.5. The Hall–Kier alpha value is -1.84. The Labute approximate surface area is 131 Å². The zero-order valence-electron chi connectivity index (χ0n) is 11.3. The molecule has 106 valence electrons. The minimum absolute atomic E-state index is 0.189. The summed E-state index contributed by atoms with van der Waals surface area (Å²) in [6, 6.07) is 14.7. The monoisotopic (exact) mass is 318 g/mol. The molecule has 1 heterocycles. The zero-order chi connectivity index (χ0) is 15.0. The smallest absolute Gasteiger partial charge is 0.267 e. The average Bonchev–Trinajstić information content (AvgIpc) is 2.49. The Kier molecular flexibility index (Phi) is 3.70. The molecule has 0 saturated heterocycles. The van der Waals surface area contributed by atoms with Gasteiger partial charge < -0.3 is 0 Å². The lowest BCUT2D eigenvalue weighted by atomic mass is 10.1. The first kappa shape index (κ1) is 14.1. The Balaban J connectivity index is 2.38. The summed E-state index contributed by atoms with van der Waals surface area (Å²) in [7, 11) is 0. The molecule has 0 saturated carbocycles. The fourth-order valence-electron chi connectivity index (χ4n) is 2.27. The molecule has 0 aliphatic rings. The van der Waals surface area contributed by atoms with Crippen LogP contribution in [0.5, 0.6) is 0 Å². The molecule has 1 atom stereocenters. The molecule has 0 fully saturated rings. The second-order valence-electron chi connectivity index (χ2n) is 4.72. The molecule has 2 aromatic carbocycles. The molecule has 0 bridgehead atoms. The predicted molar refractivity (Wildman–Crippen MR) is 87.0 cm³/mol. The second kappa shape index (κ2) is 5.51. The quantitative estimate of drug-likeness (QED) is 0.653. The van der Waals surface area contributed by atoms with Crippen LogP contribution in [0.1, 0.15) is 12.4 Å². The van der Waals surface area contributed by atoms with E-state index < -0.39 is 5.50 Å². The van der Waals surface area contributed by atoms with Gasteiger partial charge in [-0.15, -0.1) is 0 Å². The largest absolute Gasteiger partial charge is 0.276 e. The maximum Gasteiger partial charge on any atom is 0.276 e. The van der Waals surface area contributed by atoms with Gasteiger partial charge in [0.1, 0.15) is 5.50 Å². The third-order valence-corrected chi connectivity index (χ3v) is 3.72. The highest BCUT2D eigenvalue weighted by atomic mass is 35.5. The number of nitrogens with zero attached hydrogens (tertiary/aromatic N) is 2. The van der Waals surface area contributed by atoms with Crippen LogP contribution in [0.15, 0.2) is 53.3 Å². The fourth-order valence-corrected chi connectivity index (χ4v) is 2.53. The molecule has 0 aliphatic heterocycles. The fraction of sp³-hybridized carbons (Fsp3) is 0.125. The van der Waals surface area contributed by atoms with Crippen LogP contribution >= 0.6 is 23.2 Å². The molecule has 0 amide bonds. The summed E-state index contributed by atoms with van der Waals surface area (Å²) >= 11 is 12.0.